The number of H-pyrrole nitrogens is 1. The molecule has 4 rings (SSSR count). The Hall–Kier alpha value is -1.83. The van der Waals surface area contributed by atoms with Gasteiger partial charge < -0.3 is 10.1 Å². The van der Waals surface area contributed by atoms with E-state index in [1.54, 1.807) is 11.3 Å². The fourth-order valence-corrected chi connectivity index (χ4v) is 4.18. The average Bonchev–Trinajstić information content (AvgIpc) is 3.19. The summed E-state index contributed by atoms with van der Waals surface area (Å²) in [4.78, 5) is 12.3. The van der Waals surface area contributed by atoms with Crippen molar-refractivity contribution in [3.8, 4) is 0 Å². The third-order valence-corrected chi connectivity index (χ3v) is 5.66. The third kappa shape index (κ3) is 2.99. The second-order valence-corrected chi connectivity index (χ2v) is 7.98. The molecule has 0 spiro atoms. The van der Waals surface area contributed by atoms with Crippen molar-refractivity contribution in [2.45, 2.75) is 24.0 Å². The monoisotopic (exact) mass is 344 g/mol. The number of imidazole rings is 2. The molecule has 5 nitrogen and oxygen atoms in total. The summed E-state index contributed by atoms with van der Waals surface area (Å²) in [5, 5.41) is 12.7. The van der Waals surface area contributed by atoms with Crippen LogP contribution in [0.25, 0.3) is 16.0 Å². The van der Waals surface area contributed by atoms with Gasteiger partial charge in [-0.25, -0.2) is 9.97 Å². The summed E-state index contributed by atoms with van der Waals surface area (Å²) >= 11 is 3.11. The first-order valence-electron chi connectivity index (χ1n) is 7.30. The van der Waals surface area contributed by atoms with E-state index in [-0.39, 0.29) is 0 Å². The number of aromatic amines is 1. The molecule has 118 valence electrons. The maximum Gasteiger partial charge on any atom is 0.193 e. The summed E-state index contributed by atoms with van der Waals surface area (Å²) in [6.45, 7) is 1.83. The molecule has 0 saturated carbocycles. The lowest BCUT2D eigenvalue weighted by Gasteiger charge is -2.21. The number of thioether (sulfide) groups is 1. The first kappa shape index (κ1) is 14.7. The number of thiazole rings is 1. The van der Waals surface area contributed by atoms with Crippen LogP contribution in [-0.4, -0.2) is 29.4 Å². The van der Waals surface area contributed by atoms with Gasteiger partial charge in [0.15, 0.2) is 4.96 Å². The SMILES string of the molecule is CC(O)(Cc1nc2ccccc2[nH]1)SCc1cnc2sccn12. The van der Waals surface area contributed by atoms with Gasteiger partial charge >= 0.3 is 0 Å². The van der Waals surface area contributed by atoms with Crippen LogP contribution in [0, 0.1) is 0 Å². The predicted molar refractivity (Wildman–Crippen MR) is 94.8 cm³/mol. The highest BCUT2D eigenvalue weighted by molar-refractivity contribution is 7.99. The number of hydrogen-bond acceptors (Lipinski definition) is 5. The Morgan fingerprint density at radius 3 is 3.13 bits per heavy atom. The summed E-state index contributed by atoms with van der Waals surface area (Å²) in [5.41, 5.74) is 3.02. The van der Waals surface area contributed by atoms with Gasteiger partial charge in [-0.1, -0.05) is 12.1 Å². The number of hydrogen-bond donors (Lipinski definition) is 2. The van der Waals surface area contributed by atoms with E-state index in [1.807, 2.05) is 49.0 Å². The molecule has 23 heavy (non-hydrogen) atoms. The Morgan fingerprint density at radius 1 is 1.39 bits per heavy atom. The van der Waals surface area contributed by atoms with Crippen molar-refractivity contribution in [2.24, 2.45) is 0 Å². The van der Waals surface area contributed by atoms with Gasteiger partial charge in [-0.2, -0.15) is 0 Å². The van der Waals surface area contributed by atoms with E-state index in [1.165, 1.54) is 11.8 Å². The zero-order chi connectivity index (χ0) is 15.9. The van der Waals surface area contributed by atoms with Crippen LogP contribution in [0.2, 0.25) is 0 Å². The molecule has 1 unspecified atom stereocenters. The number of aliphatic hydroxyl groups is 1. The van der Waals surface area contributed by atoms with Gasteiger partial charge in [0.2, 0.25) is 0 Å². The number of nitrogens with one attached hydrogen (secondary N) is 1. The van der Waals surface area contributed by atoms with Gasteiger partial charge in [-0.15, -0.1) is 23.1 Å². The molecule has 4 aromatic rings. The molecule has 2 N–H and O–H groups in total. The van der Waals surface area contributed by atoms with Crippen LogP contribution in [0.5, 0.6) is 0 Å². The van der Waals surface area contributed by atoms with Gasteiger partial charge in [0, 0.05) is 23.8 Å². The molecule has 0 saturated heterocycles. The largest absolute Gasteiger partial charge is 0.379 e. The Balaban J connectivity index is 1.48. The highest BCUT2D eigenvalue weighted by Gasteiger charge is 2.24. The van der Waals surface area contributed by atoms with Crippen LogP contribution >= 0.6 is 23.1 Å². The quantitative estimate of drug-likeness (QED) is 0.544. The van der Waals surface area contributed by atoms with Crippen molar-refractivity contribution in [1.29, 1.82) is 0 Å². The first-order valence-corrected chi connectivity index (χ1v) is 9.17. The molecular formula is C16H16N4OS2. The fraction of sp³-hybridized carbons (Fsp3) is 0.250. The van der Waals surface area contributed by atoms with Gasteiger partial charge in [0.05, 0.1) is 22.9 Å². The van der Waals surface area contributed by atoms with E-state index < -0.39 is 4.93 Å². The second kappa shape index (κ2) is 5.67. The second-order valence-electron chi connectivity index (χ2n) is 5.65. The van der Waals surface area contributed by atoms with Gasteiger partial charge in [-0.3, -0.25) is 4.40 Å². The standard InChI is InChI=1S/C16H16N4OS2/c1-16(21,8-14-18-12-4-2-3-5-13(12)19-14)23-10-11-9-17-15-20(11)6-7-22-15/h2-7,9,21H,8,10H2,1H3,(H,18,19). The number of nitrogens with zero attached hydrogens (tertiary/aromatic N) is 3. The number of fused-ring (bicyclic) bond motifs is 2. The van der Waals surface area contributed by atoms with E-state index in [0.717, 1.165) is 27.5 Å². The van der Waals surface area contributed by atoms with Crippen molar-refractivity contribution in [3.63, 3.8) is 0 Å². The maximum atomic E-state index is 10.7. The number of para-hydroxylation sites is 2. The van der Waals surface area contributed by atoms with Crippen LogP contribution in [-0.2, 0) is 12.2 Å². The summed E-state index contributed by atoms with van der Waals surface area (Å²) in [6.07, 6.45) is 4.35. The average molecular weight is 344 g/mol. The van der Waals surface area contributed by atoms with Crippen molar-refractivity contribution in [3.05, 3.63) is 53.6 Å². The molecule has 0 aliphatic rings. The van der Waals surface area contributed by atoms with E-state index in [4.69, 9.17) is 0 Å². The third-order valence-electron chi connectivity index (χ3n) is 3.69. The van der Waals surface area contributed by atoms with Crippen LogP contribution in [0.4, 0.5) is 0 Å². The Bertz CT molecular complexity index is 920. The highest BCUT2D eigenvalue weighted by atomic mass is 32.2. The van der Waals surface area contributed by atoms with Crippen molar-refractivity contribution < 1.29 is 5.11 Å². The lowest BCUT2D eigenvalue weighted by Crippen LogP contribution is -2.23. The van der Waals surface area contributed by atoms with Crippen molar-refractivity contribution >= 4 is 39.1 Å². The summed E-state index contributed by atoms with van der Waals surface area (Å²) in [7, 11) is 0. The van der Waals surface area contributed by atoms with E-state index >= 15 is 0 Å². The van der Waals surface area contributed by atoms with Crippen LogP contribution in [0.1, 0.15) is 18.4 Å². The van der Waals surface area contributed by atoms with Gasteiger partial charge in [-0.05, 0) is 19.1 Å². The molecule has 3 aromatic heterocycles. The number of rotatable bonds is 5. The number of benzene rings is 1. The normalized spacial score (nSPS) is 14.5. The molecule has 0 fully saturated rings. The first-order chi connectivity index (χ1) is 11.1. The summed E-state index contributed by atoms with van der Waals surface area (Å²) in [6, 6.07) is 7.90. The fourth-order valence-electron chi connectivity index (χ4n) is 2.56. The van der Waals surface area contributed by atoms with Crippen LogP contribution in [0.3, 0.4) is 0 Å². The summed E-state index contributed by atoms with van der Waals surface area (Å²) < 4.78 is 2.06. The lowest BCUT2D eigenvalue weighted by molar-refractivity contribution is 0.156. The number of aromatic nitrogens is 4. The molecule has 0 bridgehead atoms. The molecule has 1 atom stereocenters. The Morgan fingerprint density at radius 2 is 2.26 bits per heavy atom. The predicted octanol–water partition coefficient (Wildman–Crippen LogP) is 3.46. The maximum absolute atomic E-state index is 10.7. The minimum atomic E-state index is -0.895. The molecule has 0 aliphatic carbocycles. The molecule has 0 amide bonds. The van der Waals surface area contributed by atoms with E-state index in [9.17, 15) is 5.11 Å². The van der Waals surface area contributed by atoms with Crippen molar-refractivity contribution in [1.82, 2.24) is 19.4 Å². The molecule has 0 radical (unpaired) electrons. The molecule has 1 aromatic carbocycles. The molecule has 3 heterocycles. The Kier molecular flexibility index (Phi) is 3.63. The van der Waals surface area contributed by atoms with Crippen LogP contribution in [0.15, 0.2) is 42.0 Å². The molecular weight excluding hydrogens is 328 g/mol. The summed E-state index contributed by atoms with van der Waals surface area (Å²) in [5.74, 6) is 1.50. The smallest absolute Gasteiger partial charge is 0.193 e. The highest BCUT2D eigenvalue weighted by Crippen LogP contribution is 2.30. The topological polar surface area (TPSA) is 66.2 Å². The van der Waals surface area contributed by atoms with Gasteiger partial charge in [0.1, 0.15) is 10.8 Å². The van der Waals surface area contributed by atoms with Crippen LogP contribution < -0.4 is 0 Å². The molecule has 0 aliphatic heterocycles. The van der Waals surface area contributed by atoms with Gasteiger partial charge in [0.25, 0.3) is 0 Å². The van der Waals surface area contributed by atoms with E-state index in [2.05, 4.69) is 19.4 Å². The molecule has 7 heteroatoms. The zero-order valence-electron chi connectivity index (χ0n) is 12.6. The Labute approximate surface area is 141 Å². The zero-order valence-corrected chi connectivity index (χ0v) is 14.2. The van der Waals surface area contributed by atoms with Crippen molar-refractivity contribution in [2.75, 3.05) is 0 Å². The lowest BCUT2D eigenvalue weighted by atomic mass is 10.3. The minimum Gasteiger partial charge on any atom is -0.379 e. The van der Waals surface area contributed by atoms with E-state index in [0.29, 0.717) is 12.2 Å². The minimum absolute atomic E-state index is 0.470.